The molecule has 2 aromatic rings. The summed E-state index contributed by atoms with van der Waals surface area (Å²) in [7, 11) is 0. The summed E-state index contributed by atoms with van der Waals surface area (Å²) in [5.41, 5.74) is 0.786. The van der Waals surface area contributed by atoms with E-state index in [2.05, 4.69) is 36.8 Å². The molecule has 1 heterocycles. The van der Waals surface area contributed by atoms with Crippen LogP contribution >= 0.6 is 39.0 Å². The van der Waals surface area contributed by atoms with Crippen LogP contribution in [0, 0.1) is 0 Å². The van der Waals surface area contributed by atoms with Crippen LogP contribution in [-0.2, 0) is 4.79 Å². The third-order valence-electron chi connectivity index (χ3n) is 3.07. The van der Waals surface area contributed by atoms with Crippen molar-refractivity contribution in [3.63, 3.8) is 0 Å². The van der Waals surface area contributed by atoms with Gasteiger partial charge in [0, 0.05) is 16.2 Å². The second-order valence-electron chi connectivity index (χ2n) is 5.05. The third kappa shape index (κ3) is 4.44. The fourth-order valence-electron chi connectivity index (χ4n) is 1.70. The molecular weight excluding hydrogens is 384 g/mol. The van der Waals surface area contributed by atoms with Crippen molar-refractivity contribution in [1.82, 2.24) is 10.2 Å². The summed E-state index contributed by atoms with van der Waals surface area (Å²) >= 11 is 6.30. The quantitative estimate of drug-likeness (QED) is 0.719. The second kappa shape index (κ2) is 6.97. The molecular formula is C14H15BrN4OS2. The van der Waals surface area contributed by atoms with Crippen LogP contribution in [0.3, 0.4) is 0 Å². The predicted molar refractivity (Wildman–Crippen MR) is 94.6 cm³/mol. The van der Waals surface area contributed by atoms with Gasteiger partial charge < -0.3 is 10.6 Å². The number of benzene rings is 1. The molecule has 5 nitrogen and oxygen atoms in total. The molecule has 116 valence electrons. The molecule has 1 saturated carbocycles. The Bertz CT molecular complexity index is 657. The number of nitrogens with zero attached hydrogens (tertiary/aromatic N) is 2. The Balaban J connectivity index is 1.53. The van der Waals surface area contributed by atoms with Gasteiger partial charge in [0.1, 0.15) is 0 Å². The zero-order valence-corrected chi connectivity index (χ0v) is 15.1. The number of hydrogen-bond acceptors (Lipinski definition) is 6. The Morgan fingerprint density at radius 1 is 1.36 bits per heavy atom. The van der Waals surface area contributed by atoms with Crippen LogP contribution in [0.15, 0.2) is 33.1 Å². The predicted octanol–water partition coefficient (Wildman–Crippen LogP) is 3.99. The molecule has 1 atom stereocenters. The molecule has 1 fully saturated rings. The monoisotopic (exact) mass is 398 g/mol. The van der Waals surface area contributed by atoms with Crippen molar-refractivity contribution in [2.45, 2.75) is 35.4 Å². The lowest BCUT2D eigenvalue weighted by Crippen LogP contribution is -2.22. The van der Waals surface area contributed by atoms with E-state index in [1.54, 1.807) is 0 Å². The molecule has 0 unspecified atom stereocenters. The molecule has 0 bridgehead atoms. The van der Waals surface area contributed by atoms with Gasteiger partial charge in [-0.15, -0.1) is 10.2 Å². The van der Waals surface area contributed by atoms with Gasteiger partial charge in [-0.1, -0.05) is 39.0 Å². The molecule has 1 aliphatic rings. The normalized spacial score (nSPS) is 15.4. The van der Waals surface area contributed by atoms with Gasteiger partial charge in [0.2, 0.25) is 11.0 Å². The van der Waals surface area contributed by atoms with Gasteiger partial charge in [0.25, 0.3) is 0 Å². The number of rotatable bonds is 6. The number of halogens is 1. The van der Waals surface area contributed by atoms with Crippen molar-refractivity contribution in [3.8, 4) is 0 Å². The highest BCUT2D eigenvalue weighted by atomic mass is 79.9. The van der Waals surface area contributed by atoms with Crippen molar-refractivity contribution < 1.29 is 4.79 Å². The largest absolute Gasteiger partial charge is 0.357 e. The first-order valence-electron chi connectivity index (χ1n) is 6.93. The molecule has 0 spiro atoms. The molecule has 1 aromatic heterocycles. The summed E-state index contributed by atoms with van der Waals surface area (Å²) in [6.45, 7) is 1.87. The molecule has 3 rings (SSSR count). The maximum Gasteiger partial charge on any atom is 0.237 e. The average Bonchev–Trinajstić information content (AvgIpc) is 3.20. The van der Waals surface area contributed by atoms with Crippen LogP contribution in [0.4, 0.5) is 10.8 Å². The summed E-state index contributed by atoms with van der Waals surface area (Å²) in [5.74, 6) is -0.0424. The summed E-state index contributed by atoms with van der Waals surface area (Å²) < 4.78 is 1.79. The minimum Gasteiger partial charge on any atom is -0.357 e. The van der Waals surface area contributed by atoms with Crippen LogP contribution in [0.25, 0.3) is 0 Å². The average molecular weight is 399 g/mol. The van der Waals surface area contributed by atoms with E-state index < -0.39 is 0 Å². The maximum absolute atomic E-state index is 12.2. The van der Waals surface area contributed by atoms with E-state index in [1.165, 1.54) is 35.9 Å². The molecule has 0 saturated heterocycles. The smallest absolute Gasteiger partial charge is 0.237 e. The van der Waals surface area contributed by atoms with Gasteiger partial charge in [-0.05, 0) is 44.0 Å². The lowest BCUT2D eigenvalue weighted by Gasteiger charge is -2.10. The van der Waals surface area contributed by atoms with Crippen LogP contribution in [0.5, 0.6) is 0 Å². The first kappa shape index (κ1) is 15.8. The van der Waals surface area contributed by atoms with E-state index in [4.69, 9.17) is 0 Å². The molecule has 0 aliphatic heterocycles. The van der Waals surface area contributed by atoms with Crippen LogP contribution < -0.4 is 10.6 Å². The van der Waals surface area contributed by atoms with Crippen LogP contribution in [0.2, 0.25) is 0 Å². The number of anilines is 2. The number of carbonyl (C=O) groups is 1. The van der Waals surface area contributed by atoms with E-state index in [1.807, 2.05) is 31.2 Å². The van der Waals surface area contributed by atoms with E-state index in [0.29, 0.717) is 6.04 Å². The molecule has 2 N–H and O–H groups in total. The Kier molecular flexibility index (Phi) is 5.00. The SMILES string of the molecule is C[C@H](Sc1nnc(NC2CC2)s1)C(=O)Nc1ccc(Br)cc1. The zero-order valence-electron chi connectivity index (χ0n) is 11.9. The molecule has 8 heteroatoms. The van der Waals surface area contributed by atoms with Crippen molar-refractivity contribution in [2.24, 2.45) is 0 Å². The van der Waals surface area contributed by atoms with Crippen molar-refractivity contribution in [1.29, 1.82) is 0 Å². The van der Waals surface area contributed by atoms with E-state index in [0.717, 1.165) is 19.6 Å². The van der Waals surface area contributed by atoms with Crippen molar-refractivity contribution in [3.05, 3.63) is 28.7 Å². The lowest BCUT2D eigenvalue weighted by molar-refractivity contribution is -0.115. The highest BCUT2D eigenvalue weighted by Crippen LogP contribution is 2.32. The van der Waals surface area contributed by atoms with E-state index >= 15 is 0 Å². The van der Waals surface area contributed by atoms with Gasteiger partial charge in [-0.2, -0.15) is 0 Å². The van der Waals surface area contributed by atoms with Crippen LogP contribution in [0.1, 0.15) is 19.8 Å². The van der Waals surface area contributed by atoms with Gasteiger partial charge in [0.15, 0.2) is 4.34 Å². The Morgan fingerprint density at radius 2 is 2.09 bits per heavy atom. The van der Waals surface area contributed by atoms with Gasteiger partial charge >= 0.3 is 0 Å². The molecule has 1 amide bonds. The fourth-order valence-corrected chi connectivity index (χ4v) is 3.94. The topological polar surface area (TPSA) is 66.9 Å². The highest BCUT2D eigenvalue weighted by molar-refractivity contribution is 9.10. The first-order chi connectivity index (χ1) is 10.6. The fraction of sp³-hybridized carbons (Fsp3) is 0.357. The Hall–Kier alpha value is -1.12. The number of hydrogen-bond donors (Lipinski definition) is 2. The number of nitrogens with one attached hydrogen (secondary N) is 2. The van der Waals surface area contributed by atoms with Crippen LogP contribution in [-0.4, -0.2) is 27.4 Å². The third-order valence-corrected chi connectivity index (χ3v) is 5.64. The molecule has 0 radical (unpaired) electrons. The number of amides is 1. The number of thioether (sulfide) groups is 1. The van der Waals surface area contributed by atoms with Crippen molar-refractivity contribution in [2.75, 3.05) is 10.6 Å². The minimum atomic E-state index is -0.231. The summed E-state index contributed by atoms with van der Waals surface area (Å²) in [6, 6.07) is 8.08. The number of aromatic nitrogens is 2. The molecule has 1 aromatic carbocycles. The second-order valence-corrected chi connectivity index (χ2v) is 8.53. The molecule has 22 heavy (non-hydrogen) atoms. The lowest BCUT2D eigenvalue weighted by atomic mass is 10.3. The summed E-state index contributed by atoms with van der Waals surface area (Å²) in [6.07, 6.45) is 2.40. The first-order valence-corrected chi connectivity index (χ1v) is 9.42. The van der Waals surface area contributed by atoms with Gasteiger partial charge in [-0.25, -0.2) is 0 Å². The van der Waals surface area contributed by atoms with Crippen molar-refractivity contribution >= 4 is 55.8 Å². The van der Waals surface area contributed by atoms with E-state index in [9.17, 15) is 4.79 Å². The van der Waals surface area contributed by atoms with Gasteiger partial charge in [-0.3, -0.25) is 4.79 Å². The highest BCUT2D eigenvalue weighted by Gasteiger charge is 2.23. The zero-order chi connectivity index (χ0) is 15.5. The van der Waals surface area contributed by atoms with E-state index in [-0.39, 0.29) is 11.2 Å². The Morgan fingerprint density at radius 3 is 2.77 bits per heavy atom. The van der Waals surface area contributed by atoms with Gasteiger partial charge in [0.05, 0.1) is 5.25 Å². The standard InChI is InChI=1S/C14H15BrN4OS2/c1-8(12(20)16-10-4-2-9(15)3-5-10)21-14-19-18-13(22-14)17-11-6-7-11/h2-5,8,11H,6-7H2,1H3,(H,16,20)(H,17,18)/t8-/m0/s1. The minimum absolute atomic E-state index is 0.0424. The summed E-state index contributed by atoms with van der Waals surface area (Å²) in [4.78, 5) is 12.2. The molecule has 1 aliphatic carbocycles. The summed E-state index contributed by atoms with van der Waals surface area (Å²) in [5, 5.41) is 15.0. The Labute approximate surface area is 145 Å². The number of carbonyl (C=O) groups excluding carboxylic acids is 1. The maximum atomic E-state index is 12.2.